The molecule has 1 aromatic rings. The third-order valence-electron chi connectivity index (χ3n) is 9.29. The van der Waals surface area contributed by atoms with Gasteiger partial charge in [0, 0.05) is 52.1 Å². The Bertz CT molecular complexity index is 1770. The summed E-state index contributed by atoms with van der Waals surface area (Å²) < 4.78 is 12.3. The smallest absolute Gasteiger partial charge is 0.480 e. The summed E-state index contributed by atoms with van der Waals surface area (Å²) in [5, 5.41) is 66.3. The molecule has 0 radical (unpaired) electrons. The van der Waals surface area contributed by atoms with Crippen LogP contribution in [0.3, 0.4) is 0 Å². The van der Waals surface area contributed by atoms with Gasteiger partial charge in [-0.15, -0.1) is 0 Å². The van der Waals surface area contributed by atoms with E-state index in [0.29, 0.717) is 11.4 Å². The molecule has 0 aromatic heterocycles. The van der Waals surface area contributed by atoms with E-state index in [9.17, 15) is 68.7 Å². The number of benzene rings is 1. The van der Waals surface area contributed by atoms with E-state index in [1.807, 2.05) is 0 Å². The van der Waals surface area contributed by atoms with Gasteiger partial charge < -0.3 is 30.8 Å². The Morgan fingerprint density at radius 3 is 1.85 bits per heavy atom. The molecule has 10 N–H and O–H groups in total. The second-order valence-corrected chi connectivity index (χ2v) is 21.0. The molecule has 0 bridgehead atoms. The van der Waals surface area contributed by atoms with Gasteiger partial charge >= 0.3 is 242 Å². The fourth-order valence-corrected chi connectivity index (χ4v) is 12.8. The molecule has 2 aliphatic heterocycles. The van der Waals surface area contributed by atoms with Crippen LogP contribution in [0.25, 0.3) is 0 Å². The van der Waals surface area contributed by atoms with Crippen molar-refractivity contribution in [2.45, 2.75) is 49.1 Å². The maximum atomic E-state index is 13.0. The standard InChI is InChI=1S/C36H52AsN7O17S3.Lu/c45-18-24-19-63-60-37(61-64-24)22-1-3-23(4-2-22)39-30(48)21-62-20-26(34(55)38-15-31(49)50)41-28(46)7-5-25(35(56)57)40-29(47)8-6-27(36(58)59)44-13-11-42(16-32(51)52)9-10-43(12-14-44)17-33(53)54;/h1-4,24-27,45H,5-21H2,(H,38,55)(H,39,48)(H,40,47)(H,41,46)(H,49,50)(H,51,52)(H,53,54)(H,56,57)(H,58,59);/q;+3/t24?,25-,26-,27?,37?;/m0./s1. The molecule has 3 unspecified atom stereocenters. The van der Waals surface area contributed by atoms with Gasteiger partial charge in [0.15, 0.2) is 0 Å². The Balaban J connectivity index is 0.0000145. The van der Waals surface area contributed by atoms with Crippen molar-refractivity contribution in [2.75, 3.05) is 88.1 Å². The maximum absolute atomic E-state index is 13.0. The predicted octanol–water partition coefficient (Wildman–Crippen LogP) is -2.88. The number of aliphatic hydroxyl groups is 1. The number of aliphatic carboxylic acids is 5. The van der Waals surface area contributed by atoms with E-state index in [2.05, 4.69) is 21.3 Å². The van der Waals surface area contributed by atoms with Crippen molar-refractivity contribution in [3.8, 4) is 0 Å². The Labute approximate surface area is 420 Å². The number of amides is 4. The summed E-state index contributed by atoms with van der Waals surface area (Å²) >= 11 is 1.02. The van der Waals surface area contributed by atoms with E-state index in [-0.39, 0.29) is 119 Å². The molecule has 0 saturated carbocycles. The molecule has 65 heavy (non-hydrogen) atoms. The van der Waals surface area contributed by atoms with Crippen LogP contribution >= 0.6 is 35.8 Å². The van der Waals surface area contributed by atoms with E-state index < -0.39 is 113 Å². The number of nitrogens with zero attached hydrogens (tertiary/aromatic N) is 3. The number of aliphatic hydroxyl groups excluding tert-OH is 1. The van der Waals surface area contributed by atoms with Crippen LogP contribution < -0.4 is 25.6 Å². The normalized spacial score (nSPS) is 18.9. The number of hydrogen-bond acceptors (Lipinski definition) is 18. The van der Waals surface area contributed by atoms with Crippen molar-refractivity contribution in [3.63, 3.8) is 0 Å². The topological polar surface area (TPSA) is 351 Å². The molecule has 4 amide bonds. The minimum Gasteiger partial charge on any atom is -0.480 e. The van der Waals surface area contributed by atoms with E-state index >= 15 is 0 Å². The summed E-state index contributed by atoms with van der Waals surface area (Å²) in [5.41, 5.74) is 0.456. The first-order valence-electron chi connectivity index (χ1n) is 19.6. The van der Waals surface area contributed by atoms with Gasteiger partial charge in [0.05, 0.1) is 13.1 Å². The predicted molar refractivity (Wildman–Crippen MR) is 233 cm³/mol. The molecule has 24 nitrogen and oxygen atoms in total. The van der Waals surface area contributed by atoms with Crippen molar-refractivity contribution in [1.29, 1.82) is 0 Å². The van der Waals surface area contributed by atoms with Crippen molar-refractivity contribution in [2.24, 2.45) is 0 Å². The first-order chi connectivity index (χ1) is 30.4. The van der Waals surface area contributed by atoms with Crippen LogP contribution in [0.4, 0.5) is 5.69 Å². The Morgan fingerprint density at radius 2 is 1.31 bits per heavy atom. The van der Waals surface area contributed by atoms with Crippen LogP contribution in [0.5, 0.6) is 0 Å². The summed E-state index contributed by atoms with van der Waals surface area (Å²) in [7, 11) is 0. The zero-order chi connectivity index (χ0) is 47.2. The average molecular weight is 1200 g/mol. The molecule has 2 fully saturated rings. The summed E-state index contributed by atoms with van der Waals surface area (Å²) in [6.07, 6.45) is -1.73. The fourth-order valence-electron chi connectivity index (χ4n) is 6.03. The van der Waals surface area contributed by atoms with Gasteiger partial charge in [0.1, 0.15) is 18.6 Å². The van der Waals surface area contributed by atoms with Gasteiger partial charge in [-0.25, -0.2) is 4.79 Å². The van der Waals surface area contributed by atoms with E-state index in [0.717, 1.165) is 16.1 Å². The molecule has 3 rings (SSSR count). The number of rotatable bonds is 25. The molecule has 2 aliphatic rings. The molecule has 29 heteroatoms. The first kappa shape index (κ1) is 58.2. The second kappa shape index (κ2) is 31.2. The zero-order valence-electron chi connectivity index (χ0n) is 34.6. The quantitative estimate of drug-likeness (QED) is 0.0347. The third-order valence-corrected chi connectivity index (χ3v) is 16.5. The summed E-state index contributed by atoms with van der Waals surface area (Å²) in [4.78, 5) is 114. The average Bonchev–Trinajstić information content (AvgIpc) is 3.43. The van der Waals surface area contributed by atoms with Crippen LogP contribution in [0.1, 0.15) is 25.7 Å². The molecule has 5 atom stereocenters. The Morgan fingerprint density at radius 1 is 0.738 bits per heavy atom. The van der Waals surface area contributed by atoms with E-state index in [4.69, 9.17) is 11.5 Å². The Kier molecular flexibility index (Phi) is 27.9. The number of thioether (sulfide) groups is 1. The van der Waals surface area contributed by atoms with Crippen LogP contribution in [0.2, 0.25) is 0 Å². The third kappa shape index (κ3) is 23.1. The summed E-state index contributed by atoms with van der Waals surface area (Å²) in [6.45, 7) is -0.664. The molecule has 1 aromatic carbocycles. The van der Waals surface area contributed by atoms with Gasteiger partial charge in [-0.3, -0.25) is 43.5 Å². The molecule has 2 saturated heterocycles. The van der Waals surface area contributed by atoms with E-state index in [1.165, 1.54) is 29.0 Å². The van der Waals surface area contributed by atoms with Crippen LogP contribution in [-0.2, 0) is 49.5 Å². The number of carboxylic acids is 5. The monoisotopic (exact) mass is 1200 g/mol. The number of carbonyl (C=O) groups excluding carboxylic acids is 4. The summed E-state index contributed by atoms with van der Waals surface area (Å²) in [5.74, 6) is -9.25. The van der Waals surface area contributed by atoms with Crippen molar-refractivity contribution in [1.82, 2.24) is 30.7 Å². The van der Waals surface area contributed by atoms with Crippen LogP contribution in [0.15, 0.2) is 24.3 Å². The minimum atomic E-state index is -2.33. The van der Waals surface area contributed by atoms with Crippen molar-refractivity contribution < 1.29 is 117 Å². The molecule has 0 aliphatic carbocycles. The van der Waals surface area contributed by atoms with Crippen molar-refractivity contribution >= 4 is 115 Å². The molecular weight excluding hydrogens is 1150 g/mol. The number of hydrogen-bond donors (Lipinski definition) is 10. The fraction of sp³-hybridized carbons (Fsp3) is 0.583. The first-order valence-corrected chi connectivity index (χ1v) is 25.0. The molecular formula is C36H52AsLuN7O17S3+3. The van der Waals surface area contributed by atoms with Gasteiger partial charge in [-0.2, -0.15) is 0 Å². The van der Waals surface area contributed by atoms with Gasteiger partial charge in [0.2, 0.25) is 5.91 Å². The van der Waals surface area contributed by atoms with Crippen LogP contribution in [0, 0.1) is 36.9 Å². The number of nitrogens with one attached hydrogen (secondary N) is 4. The van der Waals surface area contributed by atoms with Gasteiger partial charge in [-0.05, 0) is 12.8 Å². The van der Waals surface area contributed by atoms with Gasteiger partial charge in [-0.1, -0.05) is 0 Å². The SMILES string of the molecule is O=C(O)CNC(=O)[C@H](CSCC(=O)Nc1ccc([As]2OSCC(CO)SO2)cc1)NC(=O)CC[C@H](NC(=O)CCC(C(=O)O)N1CCN(CC(=O)O)CCN(CC(=O)O)CC1)C(=O)O.[Lu+3]. The number of carboxylic acid groups (broad SMARTS) is 5. The van der Waals surface area contributed by atoms with Crippen LogP contribution in [-0.4, -0.2) is 220 Å². The number of anilines is 1. The summed E-state index contributed by atoms with van der Waals surface area (Å²) in [6, 6.07) is 2.57. The van der Waals surface area contributed by atoms with Gasteiger partial charge in [0.25, 0.3) is 0 Å². The van der Waals surface area contributed by atoms with E-state index in [1.54, 1.807) is 34.1 Å². The Hall–Kier alpha value is -2.95. The molecule has 368 valence electrons. The van der Waals surface area contributed by atoms with Crippen molar-refractivity contribution in [3.05, 3.63) is 24.3 Å². The second-order valence-electron chi connectivity index (χ2n) is 14.2. The molecule has 0 spiro atoms. The minimum absolute atomic E-state index is 0. The number of carbonyl (C=O) groups is 9. The zero-order valence-corrected chi connectivity index (χ0v) is 40.6. The molecule has 2 heterocycles.